The minimum atomic E-state index is 0.561. The maximum Gasteiger partial charge on any atom is 0.227 e. The van der Waals surface area contributed by atoms with E-state index in [-0.39, 0.29) is 0 Å². The van der Waals surface area contributed by atoms with Gasteiger partial charge < -0.3 is 13.6 Å². The fourth-order valence-electron chi connectivity index (χ4n) is 7.91. The summed E-state index contributed by atoms with van der Waals surface area (Å²) in [6.07, 6.45) is 1.81. The maximum absolute atomic E-state index is 6.51. The van der Waals surface area contributed by atoms with Gasteiger partial charge in [0.2, 0.25) is 5.89 Å². The van der Waals surface area contributed by atoms with E-state index in [4.69, 9.17) is 9.40 Å². The summed E-state index contributed by atoms with van der Waals surface area (Å²) in [4.78, 5) is 9.73. The standard InChI is InChI=1S/C46H28N4O/c1-5-18-39-35(14-1)36-15-2-6-19-40(36)49(39)33-13-9-11-30(26-33)31-25-32(46-48-45-43(51-46)23-22-29-12-10-24-47-44(29)45)28-34(27-31)50-41-20-7-3-16-37(41)38-17-4-8-21-42(38)50/h1-28H. The first kappa shape index (κ1) is 27.9. The molecule has 0 unspecified atom stereocenters. The van der Waals surface area contributed by atoms with Gasteiger partial charge in [0.05, 0.1) is 27.6 Å². The molecule has 0 amide bonds. The number of nitrogens with zero attached hydrogens (tertiary/aromatic N) is 4. The molecule has 0 radical (unpaired) electrons. The third kappa shape index (κ3) is 4.22. The van der Waals surface area contributed by atoms with Gasteiger partial charge in [0.1, 0.15) is 5.52 Å². The van der Waals surface area contributed by atoms with Gasteiger partial charge in [0.15, 0.2) is 5.58 Å². The van der Waals surface area contributed by atoms with E-state index in [1.165, 1.54) is 32.6 Å². The predicted molar refractivity (Wildman–Crippen MR) is 209 cm³/mol. The Balaban J connectivity index is 1.17. The number of hydrogen-bond donors (Lipinski definition) is 0. The van der Waals surface area contributed by atoms with Gasteiger partial charge in [0.25, 0.3) is 0 Å². The Morgan fingerprint density at radius 3 is 1.63 bits per heavy atom. The topological polar surface area (TPSA) is 48.8 Å². The Morgan fingerprint density at radius 1 is 0.412 bits per heavy atom. The Labute approximate surface area is 292 Å². The van der Waals surface area contributed by atoms with Crippen molar-refractivity contribution in [3.63, 3.8) is 0 Å². The van der Waals surface area contributed by atoms with Crippen LogP contribution in [0.3, 0.4) is 0 Å². The van der Waals surface area contributed by atoms with Gasteiger partial charge >= 0.3 is 0 Å². The molecule has 0 fully saturated rings. The van der Waals surface area contributed by atoms with Crippen LogP contribution in [-0.2, 0) is 0 Å². The van der Waals surface area contributed by atoms with Gasteiger partial charge in [-0.1, -0.05) is 91.0 Å². The first-order valence-electron chi connectivity index (χ1n) is 17.2. The summed E-state index contributed by atoms with van der Waals surface area (Å²) in [5, 5.41) is 5.95. The second-order valence-corrected chi connectivity index (χ2v) is 13.1. The van der Waals surface area contributed by atoms with E-state index in [0.29, 0.717) is 11.5 Å². The Morgan fingerprint density at radius 2 is 0.980 bits per heavy atom. The lowest BCUT2D eigenvalue weighted by atomic mass is 10.0. The molecule has 0 aliphatic rings. The third-order valence-corrected chi connectivity index (χ3v) is 10.2. The van der Waals surface area contributed by atoms with Gasteiger partial charge in [-0.3, -0.25) is 4.98 Å². The van der Waals surface area contributed by atoms with Gasteiger partial charge in [-0.05, 0) is 83.9 Å². The van der Waals surface area contributed by atoms with E-state index >= 15 is 0 Å². The normalized spacial score (nSPS) is 11.9. The summed E-state index contributed by atoms with van der Waals surface area (Å²) in [6, 6.07) is 58.0. The fraction of sp³-hybridized carbons (Fsp3) is 0. The molecule has 51 heavy (non-hydrogen) atoms. The minimum absolute atomic E-state index is 0.561. The maximum atomic E-state index is 6.51. The highest BCUT2D eigenvalue weighted by molar-refractivity contribution is 6.10. The summed E-state index contributed by atoms with van der Waals surface area (Å²) in [6.45, 7) is 0. The summed E-state index contributed by atoms with van der Waals surface area (Å²) >= 11 is 0. The second-order valence-electron chi connectivity index (χ2n) is 13.1. The van der Waals surface area contributed by atoms with E-state index in [9.17, 15) is 0 Å². The molecule has 5 nitrogen and oxygen atoms in total. The molecule has 0 spiro atoms. The van der Waals surface area contributed by atoms with Crippen molar-refractivity contribution in [2.24, 2.45) is 0 Å². The van der Waals surface area contributed by atoms with Crippen molar-refractivity contribution in [1.82, 2.24) is 19.1 Å². The number of hydrogen-bond acceptors (Lipinski definition) is 3. The van der Waals surface area contributed by atoms with E-state index in [0.717, 1.165) is 55.5 Å². The number of oxazole rings is 1. The highest BCUT2D eigenvalue weighted by Gasteiger charge is 2.18. The zero-order chi connectivity index (χ0) is 33.5. The van der Waals surface area contributed by atoms with Crippen LogP contribution in [0.15, 0.2) is 174 Å². The van der Waals surface area contributed by atoms with Gasteiger partial charge in [-0.2, -0.15) is 0 Å². The van der Waals surface area contributed by atoms with Crippen molar-refractivity contribution >= 4 is 65.6 Å². The van der Waals surface area contributed by atoms with Crippen LogP contribution in [0.1, 0.15) is 0 Å². The molecule has 11 aromatic rings. The van der Waals surface area contributed by atoms with Crippen molar-refractivity contribution in [2.75, 3.05) is 0 Å². The summed E-state index contributed by atoms with van der Waals surface area (Å²) in [5.74, 6) is 0.561. The zero-order valence-corrected chi connectivity index (χ0v) is 27.4. The van der Waals surface area contributed by atoms with Crippen molar-refractivity contribution < 1.29 is 4.42 Å². The monoisotopic (exact) mass is 652 g/mol. The molecule has 0 saturated heterocycles. The molecule has 5 heteroatoms. The lowest BCUT2D eigenvalue weighted by Crippen LogP contribution is -1.97. The van der Waals surface area contributed by atoms with Crippen molar-refractivity contribution in [3.8, 4) is 34.0 Å². The van der Waals surface area contributed by atoms with Crippen molar-refractivity contribution in [1.29, 1.82) is 0 Å². The largest absolute Gasteiger partial charge is 0.436 e. The summed E-state index contributed by atoms with van der Waals surface area (Å²) in [7, 11) is 0. The molecular formula is C46H28N4O. The summed E-state index contributed by atoms with van der Waals surface area (Å²) < 4.78 is 11.2. The van der Waals surface area contributed by atoms with Gasteiger partial charge in [-0.25, -0.2) is 4.98 Å². The lowest BCUT2D eigenvalue weighted by Gasteiger charge is -2.14. The predicted octanol–water partition coefficient (Wildman–Crippen LogP) is 11.9. The molecule has 0 aliphatic carbocycles. The third-order valence-electron chi connectivity index (χ3n) is 10.2. The number of rotatable bonds is 4. The van der Waals surface area contributed by atoms with E-state index in [1.54, 1.807) is 6.20 Å². The van der Waals surface area contributed by atoms with Crippen LogP contribution < -0.4 is 0 Å². The summed E-state index contributed by atoms with van der Waals surface area (Å²) in [5.41, 5.74) is 12.2. The van der Waals surface area contributed by atoms with Crippen LogP contribution in [-0.4, -0.2) is 19.1 Å². The van der Waals surface area contributed by atoms with Crippen LogP contribution in [0.25, 0.3) is 99.6 Å². The number of para-hydroxylation sites is 4. The van der Waals surface area contributed by atoms with E-state index < -0.39 is 0 Å². The first-order chi connectivity index (χ1) is 25.3. The molecule has 0 saturated carbocycles. The fourth-order valence-corrected chi connectivity index (χ4v) is 7.91. The molecular weight excluding hydrogens is 625 g/mol. The molecule has 11 rings (SSSR count). The van der Waals surface area contributed by atoms with Crippen molar-refractivity contribution in [3.05, 3.63) is 170 Å². The molecule has 4 heterocycles. The average molecular weight is 653 g/mol. The van der Waals surface area contributed by atoms with Crippen LogP contribution in [0, 0.1) is 0 Å². The van der Waals surface area contributed by atoms with Crippen LogP contribution in [0.4, 0.5) is 0 Å². The van der Waals surface area contributed by atoms with E-state index in [1.807, 2.05) is 18.2 Å². The molecule has 238 valence electrons. The Hall–Kier alpha value is -6.98. The molecule has 7 aromatic carbocycles. The lowest BCUT2D eigenvalue weighted by molar-refractivity contribution is 0.620. The van der Waals surface area contributed by atoms with Crippen LogP contribution in [0.5, 0.6) is 0 Å². The number of aromatic nitrogens is 4. The highest BCUT2D eigenvalue weighted by Crippen LogP contribution is 2.38. The smallest absolute Gasteiger partial charge is 0.227 e. The SMILES string of the molecule is c1cc(-c2cc(-c3nc4c(ccc5cccnc54)o3)cc(-n3c4ccccc4c4ccccc43)c2)cc(-n2c3ccccc3c3ccccc32)c1. The average Bonchev–Trinajstić information content (AvgIpc) is 3.89. The minimum Gasteiger partial charge on any atom is -0.436 e. The molecule has 0 N–H and O–H groups in total. The number of fused-ring (bicyclic) bond motifs is 9. The molecule has 4 aromatic heterocycles. The molecule has 0 bridgehead atoms. The Kier molecular flexibility index (Phi) is 5.89. The van der Waals surface area contributed by atoms with Crippen LogP contribution in [0.2, 0.25) is 0 Å². The van der Waals surface area contributed by atoms with Gasteiger partial charge in [-0.15, -0.1) is 0 Å². The first-order valence-corrected chi connectivity index (χ1v) is 17.2. The number of benzene rings is 7. The second kappa shape index (κ2) is 10.8. The van der Waals surface area contributed by atoms with Crippen molar-refractivity contribution in [2.45, 2.75) is 0 Å². The highest BCUT2D eigenvalue weighted by atomic mass is 16.3. The Bertz CT molecular complexity index is 3060. The van der Waals surface area contributed by atoms with Gasteiger partial charge in [0, 0.05) is 50.1 Å². The molecule has 0 atom stereocenters. The number of pyridine rings is 1. The van der Waals surface area contributed by atoms with Crippen LogP contribution >= 0.6 is 0 Å². The van der Waals surface area contributed by atoms with E-state index in [2.05, 4.69) is 160 Å². The zero-order valence-electron chi connectivity index (χ0n) is 27.4. The molecule has 0 aliphatic heterocycles. The quantitative estimate of drug-likeness (QED) is 0.190.